The zero-order chi connectivity index (χ0) is 21.1. The maximum atomic E-state index is 12.9. The molecule has 2 aromatic rings. The summed E-state index contributed by atoms with van der Waals surface area (Å²) in [6.07, 6.45) is 0. The van der Waals surface area contributed by atoms with E-state index >= 15 is 0 Å². The third-order valence-corrected chi connectivity index (χ3v) is 4.97. The number of para-hydroxylation sites is 1. The molecule has 5 nitrogen and oxygen atoms in total. The smallest absolute Gasteiger partial charge is 0.387 e. The topological polar surface area (TPSA) is 50.8 Å². The summed E-state index contributed by atoms with van der Waals surface area (Å²) in [6.45, 7) is -1.30. The zero-order valence-corrected chi connectivity index (χ0v) is 17.1. The van der Waals surface area contributed by atoms with Crippen LogP contribution in [0.4, 0.5) is 14.5 Å². The Morgan fingerprint density at radius 3 is 2.48 bits per heavy atom. The van der Waals surface area contributed by atoms with Crippen molar-refractivity contribution in [1.82, 2.24) is 5.32 Å². The first kappa shape index (κ1) is 21.0. The number of benzene rings is 2. The summed E-state index contributed by atoms with van der Waals surface area (Å²) in [5, 5.41) is 3.88. The number of carbonyl (C=O) groups is 1. The van der Waals surface area contributed by atoms with E-state index in [0.29, 0.717) is 22.0 Å². The SMILES string of the molecule is COC(=O)C1=C(C)N(c2ccc(Cl)cc2)C(=S)NC1c1ccccc1OC(F)F. The second-order valence-electron chi connectivity index (χ2n) is 6.10. The van der Waals surface area contributed by atoms with Crippen LogP contribution in [0.3, 0.4) is 0 Å². The van der Waals surface area contributed by atoms with Crippen molar-refractivity contribution in [2.75, 3.05) is 12.0 Å². The van der Waals surface area contributed by atoms with Crippen LogP contribution in [-0.4, -0.2) is 24.8 Å². The van der Waals surface area contributed by atoms with Gasteiger partial charge in [0.15, 0.2) is 5.11 Å². The molecular weight excluding hydrogens is 422 g/mol. The Bertz CT molecular complexity index is 966. The van der Waals surface area contributed by atoms with E-state index in [-0.39, 0.29) is 16.4 Å². The average molecular weight is 439 g/mol. The van der Waals surface area contributed by atoms with Crippen LogP contribution in [0, 0.1) is 0 Å². The van der Waals surface area contributed by atoms with Gasteiger partial charge in [-0.25, -0.2) is 4.79 Å². The van der Waals surface area contributed by atoms with Crippen LogP contribution in [-0.2, 0) is 9.53 Å². The number of hydrogen-bond acceptors (Lipinski definition) is 4. The van der Waals surface area contributed by atoms with Gasteiger partial charge in [0.05, 0.1) is 18.7 Å². The molecule has 152 valence electrons. The number of nitrogens with zero attached hydrogens (tertiary/aromatic N) is 1. The van der Waals surface area contributed by atoms with Crippen LogP contribution in [0.1, 0.15) is 18.5 Å². The summed E-state index contributed by atoms with van der Waals surface area (Å²) in [7, 11) is 1.25. The molecule has 1 unspecified atom stereocenters. The fourth-order valence-corrected chi connectivity index (χ4v) is 3.66. The molecule has 0 saturated heterocycles. The normalized spacial score (nSPS) is 16.7. The van der Waals surface area contributed by atoms with Crippen molar-refractivity contribution in [2.45, 2.75) is 19.6 Å². The van der Waals surface area contributed by atoms with E-state index in [4.69, 9.17) is 28.6 Å². The fraction of sp³-hybridized carbons (Fsp3) is 0.200. The molecule has 0 amide bonds. The number of anilines is 1. The summed E-state index contributed by atoms with van der Waals surface area (Å²) in [5.74, 6) is -0.676. The molecule has 29 heavy (non-hydrogen) atoms. The van der Waals surface area contributed by atoms with E-state index in [1.165, 1.54) is 13.2 Å². The highest BCUT2D eigenvalue weighted by Crippen LogP contribution is 2.38. The molecule has 1 aliphatic heterocycles. The van der Waals surface area contributed by atoms with Crippen LogP contribution in [0.25, 0.3) is 0 Å². The van der Waals surface area contributed by atoms with Crippen molar-refractivity contribution in [3.05, 3.63) is 70.4 Å². The van der Waals surface area contributed by atoms with Crippen molar-refractivity contribution < 1.29 is 23.0 Å². The highest BCUT2D eigenvalue weighted by molar-refractivity contribution is 7.80. The molecule has 9 heteroatoms. The minimum Gasteiger partial charge on any atom is -0.466 e. The van der Waals surface area contributed by atoms with E-state index in [0.717, 1.165) is 0 Å². The summed E-state index contributed by atoms with van der Waals surface area (Å²) >= 11 is 11.5. The number of methoxy groups -OCH3 is 1. The van der Waals surface area contributed by atoms with E-state index in [2.05, 4.69) is 10.1 Å². The Morgan fingerprint density at radius 2 is 1.86 bits per heavy atom. The van der Waals surface area contributed by atoms with Gasteiger partial charge in [-0.1, -0.05) is 29.8 Å². The number of ether oxygens (including phenoxy) is 2. The molecule has 0 saturated carbocycles. The minimum atomic E-state index is -3.01. The van der Waals surface area contributed by atoms with Gasteiger partial charge >= 0.3 is 12.6 Å². The standard InChI is InChI=1S/C20H17ClF2N2O3S/c1-11-16(18(26)27-2)17(14-5-3-4-6-15(14)28-19(22)23)24-20(29)25(11)13-9-7-12(21)8-10-13/h3-10,17,19H,1-2H3,(H,24,29). The Kier molecular flexibility index (Phi) is 6.34. The average Bonchev–Trinajstić information content (AvgIpc) is 2.68. The monoisotopic (exact) mass is 438 g/mol. The summed E-state index contributed by atoms with van der Waals surface area (Å²) in [6, 6.07) is 12.3. The Labute approximate surface area is 176 Å². The van der Waals surface area contributed by atoms with Gasteiger partial charge in [0.1, 0.15) is 5.75 Å². The largest absolute Gasteiger partial charge is 0.466 e. The molecule has 1 heterocycles. The molecular formula is C20H17ClF2N2O3S. The first-order valence-corrected chi connectivity index (χ1v) is 9.31. The molecule has 0 spiro atoms. The molecule has 3 rings (SSSR count). The lowest BCUT2D eigenvalue weighted by Gasteiger charge is -2.37. The van der Waals surface area contributed by atoms with Gasteiger partial charge in [-0.2, -0.15) is 8.78 Å². The molecule has 0 fully saturated rings. The van der Waals surface area contributed by atoms with Gasteiger partial charge in [0.2, 0.25) is 0 Å². The van der Waals surface area contributed by atoms with Crippen LogP contribution >= 0.6 is 23.8 Å². The van der Waals surface area contributed by atoms with Crippen molar-refractivity contribution in [1.29, 1.82) is 0 Å². The van der Waals surface area contributed by atoms with E-state index in [1.54, 1.807) is 54.3 Å². The number of hydrogen-bond donors (Lipinski definition) is 1. The summed E-state index contributed by atoms with van der Waals surface area (Å²) in [5.41, 5.74) is 1.74. The number of esters is 1. The molecule has 0 aromatic heterocycles. The number of halogens is 3. The van der Waals surface area contributed by atoms with Crippen molar-refractivity contribution in [2.24, 2.45) is 0 Å². The third-order valence-electron chi connectivity index (χ3n) is 4.42. The maximum Gasteiger partial charge on any atom is 0.387 e. The number of nitrogens with one attached hydrogen (secondary N) is 1. The molecule has 2 aromatic carbocycles. The van der Waals surface area contributed by atoms with Gasteiger partial charge < -0.3 is 14.8 Å². The molecule has 0 radical (unpaired) electrons. The number of thiocarbonyl (C=S) groups is 1. The van der Waals surface area contributed by atoms with E-state index < -0.39 is 18.6 Å². The Balaban J connectivity index is 2.14. The van der Waals surface area contributed by atoms with Crippen LogP contribution < -0.4 is 15.0 Å². The van der Waals surface area contributed by atoms with Gasteiger partial charge in [0, 0.05) is 22.0 Å². The number of alkyl halides is 2. The van der Waals surface area contributed by atoms with Crippen LogP contribution in [0.5, 0.6) is 5.75 Å². The first-order valence-electron chi connectivity index (χ1n) is 8.52. The second-order valence-corrected chi connectivity index (χ2v) is 6.92. The minimum absolute atomic E-state index is 0.0584. The van der Waals surface area contributed by atoms with E-state index in [1.807, 2.05) is 0 Å². The predicted molar refractivity (Wildman–Crippen MR) is 110 cm³/mol. The van der Waals surface area contributed by atoms with Gasteiger partial charge in [-0.05, 0) is 49.5 Å². The van der Waals surface area contributed by atoms with Gasteiger partial charge in [-0.15, -0.1) is 0 Å². The maximum absolute atomic E-state index is 12.9. The van der Waals surface area contributed by atoms with Crippen molar-refractivity contribution >= 4 is 40.6 Å². The van der Waals surface area contributed by atoms with Crippen LogP contribution in [0.2, 0.25) is 5.02 Å². The lowest BCUT2D eigenvalue weighted by atomic mass is 9.94. The molecule has 1 aliphatic rings. The number of allylic oxidation sites excluding steroid dienone is 1. The Hall–Kier alpha value is -2.71. The highest BCUT2D eigenvalue weighted by Gasteiger charge is 2.36. The zero-order valence-electron chi connectivity index (χ0n) is 15.5. The highest BCUT2D eigenvalue weighted by atomic mass is 35.5. The third kappa shape index (κ3) is 4.33. The molecule has 1 atom stereocenters. The fourth-order valence-electron chi connectivity index (χ4n) is 3.17. The summed E-state index contributed by atoms with van der Waals surface area (Å²) in [4.78, 5) is 14.3. The molecule has 1 N–H and O–H groups in total. The van der Waals surface area contributed by atoms with Gasteiger partial charge in [-0.3, -0.25) is 4.90 Å². The van der Waals surface area contributed by atoms with Crippen molar-refractivity contribution in [3.8, 4) is 5.75 Å². The second kappa shape index (κ2) is 8.75. The first-order chi connectivity index (χ1) is 13.8. The quantitative estimate of drug-likeness (QED) is 0.533. The Morgan fingerprint density at radius 1 is 1.21 bits per heavy atom. The predicted octanol–water partition coefficient (Wildman–Crippen LogP) is 4.82. The van der Waals surface area contributed by atoms with Crippen LogP contribution in [0.15, 0.2) is 59.8 Å². The van der Waals surface area contributed by atoms with Crippen molar-refractivity contribution in [3.63, 3.8) is 0 Å². The summed E-state index contributed by atoms with van der Waals surface area (Å²) < 4.78 is 35.3. The lowest BCUT2D eigenvalue weighted by Crippen LogP contribution is -2.48. The van der Waals surface area contributed by atoms with E-state index in [9.17, 15) is 13.6 Å². The molecule has 0 aliphatic carbocycles. The number of rotatable bonds is 5. The number of carbonyl (C=O) groups excluding carboxylic acids is 1. The van der Waals surface area contributed by atoms with Gasteiger partial charge in [0.25, 0.3) is 0 Å². The lowest BCUT2D eigenvalue weighted by molar-refractivity contribution is -0.136. The molecule has 0 bridgehead atoms.